The predicted molar refractivity (Wildman–Crippen MR) is 70.4 cm³/mol. The van der Waals surface area contributed by atoms with Gasteiger partial charge in [0.2, 0.25) is 0 Å². The van der Waals surface area contributed by atoms with E-state index in [9.17, 15) is 26.7 Å². The van der Waals surface area contributed by atoms with Crippen molar-refractivity contribution in [2.24, 2.45) is 0 Å². The van der Waals surface area contributed by atoms with Gasteiger partial charge in [0.1, 0.15) is 11.6 Å². The molecular weight excluding hydrogens is 307 g/mol. The summed E-state index contributed by atoms with van der Waals surface area (Å²) in [4.78, 5) is 11.6. The number of halogens is 5. The molecule has 0 bridgehead atoms. The number of urea groups is 1. The molecule has 0 heterocycles. The maximum absolute atomic E-state index is 13.4. The highest BCUT2D eigenvalue weighted by molar-refractivity contribution is 6.00. The molecule has 116 valence electrons. The molecule has 2 amide bonds. The van der Waals surface area contributed by atoms with Crippen LogP contribution in [0.5, 0.6) is 0 Å². The molecular formula is C14H9F5N2O. The van der Waals surface area contributed by atoms with Gasteiger partial charge in [0.25, 0.3) is 0 Å². The van der Waals surface area contributed by atoms with Gasteiger partial charge in [-0.15, -0.1) is 0 Å². The summed E-state index contributed by atoms with van der Waals surface area (Å²) in [5, 5.41) is 3.98. The molecule has 3 nitrogen and oxygen atoms in total. The Morgan fingerprint density at radius 2 is 1.55 bits per heavy atom. The molecule has 8 heteroatoms. The van der Waals surface area contributed by atoms with Crippen LogP contribution in [0.2, 0.25) is 0 Å². The van der Waals surface area contributed by atoms with E-state index in [4.69, 9.17) is 0 Å². The molecule has 22 heavy (non-hydrogen) atoms. The standard InChI is InChI=1S/C14H9F5N2O/c15-8-5-6-12(10(16)7-8)21-13(22)20-11-4-2-1-3-9(11)14(17,18)19/h1-7H,(H2,20,21,22). The molecule has 0 unspecified atom stereocenters. The Kier molecular flexibility index (Phi) is 4.30. The van der Waals surface area contributed by atoms with Crippen LogP contribution < -0.4 is 10.6 Å². The summed E-state index contributed by atoms with van der Waals surface area (Å²) in [6.45, 7) is 0. The lowest BCUT2D eigenvalue weighted by Crippen LogP contribution is -2.22. The average molecular weight is 316 g/mol. The third kappa shape index (κ3) is 3.72. The SMILES string of the molecule is O=C(Nc1ccc(F)cc1F)Nc1ccccc1C(F)(F)F. The Hall–Kier alpha value is -2.64. The Labute approximate surface area is 121 Å². The molecule has 2 rings (SSSR count). The first-order valence-electron chi connectivity index (χ1n) is 5.96. The molecule has 0 aromatic heterocycles. The van der Waals surface area contributed by atoms with E-state index >= 15 is 0 Å². The number of alkyl halides is 3. The fourth-order valence-electron chi connectivity index (χ4n) is 1.71. The monoisotopic (exact) mass is 316 g/mol. The summed E-state index contributed by atoms with van der Waals surface area (Å²) >= 11 is 0. The van der Waals surface area contributed by atoms with Crippen LogP contribution in [0.3, 0.4) is 0 Å². The number of rotatable bonds is 2. The number of carbonyl (C=O) groups excluding carboxylic acids is 1. The van der Waals surface area contributed by atoms with Crippen molar-refractivity contribution in [1.29, 1.82) is 0 Å². The second kappa shape index (κ2) is 6.00. The molecule has 0 saturated heterocycles. The maximum atomic E-state index is 13.4. The molecule has 0 aliphatic rings. The summed E-state index contributed by atoms with van der Waals surface area (Å²) in [5.41, 5.74) is -1.87. The summed E-state index contributed by atoms with van der Waals surface area (Å²) < 4.78 is 64.4. The molecule has 0 atom stereocenters. The van der Waals surface area contributed by atoms with Crippen molar-refractivity contribution in [1.82, 2.24) is 0 Å². The lowest BCUT2D eigenvalue weighted by molar-refractivity contribution is -0.136. The van der Waals surface area contributed by atoms with Gasteiger partial charge in [-0.2, -0.15) is 13.2 Å². The minimum atomic E-state index is -4.65. The topological polar surface area (TPSA) is 41.1 Å². The van der Waals surface area contributed by atoms with Crippen molar-refractivity contribution in [3.63, 3.8) is 0 Å². The quantitative estimate of drug-likeness (QED) is 0.779. The van der Waals surface area contributed by atoms with Gasteiger partial charge in [0, 0.05) is 6.07 Å². The highest BCUT2D eigenvalue weighted by Crippen LogP contribution is 2.34. The Bertz CT molecular complexity index is 700. The van der Waals surface area contributed by atoms with Gasteiger partial charge < -0.3 is 10.6 Å². The zero-order valence-electron chi connectivity index (χ0n) is 10.8. The van der Waals surface area contributed by atoms with Crippen LogP contribution in [0.1, 0.15) is 5.56 Å². The molecule has 2 aromatic carbocycles. The smallest absolute Gasteiger partial charge is 0.307 e. The lowest BCUT2D eigenvalue weighted by Gasteiger charge is -2.14. The number of anilines is 2. The Morgan fingerprint density at radius 1 is 0.909 bits per heavy atom. The van der Waals surface area contributed by atoms with Crippen LogP contribution in [-0.4, -0.2) is 6.03 Å². The van der Waals surface area contributed by atoms with E-state index < -0.39 is 35.1 Å². The van der Waals surface area contributed by atoms with Crippen molar-refractivity contribution in [3.05, 3.63) is 59.7 Å². The summed E-state index contributed by atoms with van der Waals surface area (Å²) in [7, 11) is 0. The van der Waals surface area contributed by atoms with E-state index in [1.807, 2.05) is 10.6 Å². The molecule has 0 fully saturated rings. The molecule has 0 aliphatic carbocycles. The van der Waals surface area contributed by atoms with Gasteiger partial charge >= 0.3 is 12.2 Å². The molecule has 2 N–H and O–H groups in total. The van der Waals surface area contributed by atoms with Crippen molar-refractivity contribution in [2.45, 2.75) is 6.18 Å². The lowest BCUT2D eigenvalue weighted by atomic mass is 10.1. The van der Waals surface area contributed by atoms with Gasteiger partial charge in [0.15, 0.2) is 0 Å². The van der Waals surface area contributed by atoms with Gasteiger partial charge in [-0.05, 0) is 24.3 Å². The van der Waals surface area contributed by atoms with E-state index in [-0.39, 0.29) is 5.69 Å². The van der Waals surface area contributed by atoms with E-state index in [2.05, 4.69) is 0 Å². The minimum Gasteiger partial charge on any atom is -0.307 e. The highest BCUT2D eigenvalue weighted by Gasteiger charge is 2.33. The van der Waals surface area contributed by atoms with Gasteiger partial charge in [-0.25, -0.2) is 13.6 Å². The van der Waals surface area contributed by atoms with Crippen LogP contribution in [0.25, 0.3) is 0 Å². The van der Waals surface area contributed by atoms with Gasteiger partial charge in [-0.1, -0.05) is 12.1 Å². The number of benzene rings is 2. The van der Waals surface area contributed by atoms with Crippen molar-refractivity contribution >= 4 is 17.4 Å². The Balaban J connectivity index is 2.16. The zero-order valence-corrected chi connectivity index (χ0v) is 10.8. The summed E-state index contributed by atoms with van der Waals surface area (Å²) in [5.74, 6) is -1.88. The second-order valence-corrected chi connectivity index (χ2v) is 4.25. The highest BCUT2D eigenvalue weighted by atomic mass is 19.4. The van der Waals surface area contributed by atoms with Crippen molar-refractivity contribution in [3.8, 4) is 0 Å². The van der Waals surface area contributed by atoms with Gasteiger partial charge in [-0.3, -0.25) is 0 Å². The molecule has 0 spiro atoms. The number of para-hydroxylation sites is 1. The van der Waals surface area contributed by atoms with Gasteiger partial charge in [0.05, 0.1) is 16.9 Å². The van der Waals surface area contributed by atoms with E-state index in [0.717, 1.165) is 24.3 Å². The normalized spacial score (nSPS) is 11.1. The maximum Gasteiger partial charge on any atom is 0.418 e. The van der Waals surface area contributed by atoms with E-state index in [0.29, 0.717) is 6.07 Å². The van der Waals surface area contributed by atoms with Crippen LogP contribution in [0, 0.1) is 11.6 Å². The first-order chi connectivity index (χ1) is 10.3. The summed E-state index contributed by atoms with van der Waals surface area (Å²) in [6.07, 6.45) is -4.65. The predicted octanol–water partition coefficient (Wildman–Crippen LogP) is 4.63. The fourth-order valence-corrected chi connectivity index (χ4v) is 1.71. The van der Waals surface area contributed by atoms with E-state index in [1.165, 1.54) is 12.1 Å². The second-order valence-electron chi connectivity index (χ2n) is 4.25. The molecule has 0 saturated carbocycles. The Morgan fingerprint density at radius 3 is 2.18 bits per heavy atom. The minimum absolute atomic E-state index is 0.358. The van der Waals surface area contributed by atoms with Crippen LogP contribution in [-0.2, 0) is 6.18 Å². The molecule has 0 radical (unpaired) electrons. The number of amides is 2. The number of hydrogen-bond acceptors (Lipinski definition) is 1. The number of hydrogen-bond donors (Lipinski definition) is 2. The first-order valence-corrected chi connectivity index (χ1v) is 5.96. The molecule has 2 aromatic rings. The van der Waals surface area contributed by atoms with Crippen molar-refractivity contribution in [2.75, 3.05) is 10.6 Å². The fraction of sp³-hybridized carbons (Fsp3) is 0.0714. The van der Waals surface area contributed by atoms with Crippen molar-refractivity contribution < 1.29 is 26.7 Å². The van der Waals surface area contributed by atoms with E-state index in [1.54, 1.807) is 0 Å². The number of carbonyl (C=O) groups is 1. The zero-order chi connectivity index (χ0) is 16.3. The third-order valence-electron chi connectivity index (χ3n) is 2.66. The van der Waals surface area contributed by atoms with Crippen LogP contribution >= 0.6 is 0 Å². The molecule has 0 aliphatic heterocycles. The first kappa shape index (κ1) is 15.7. The van der Waals surface area contributed by atoms with Crippen LogP contribution in [0.4, 0.5) is 38.1 Å². The largest absolute Gasteiger partial charge is 0.418 e. The van der Waals surface area contributed by atoms with Crippen LogP contribution in [0.15, 0.2) is 42.5 Å². The number of nitrogens with one attached hydrogen (secondary N) is 2. The summed E-state index contributed by atoms with van der Waals surface area (Å²) in [6, 6.07) is 5.66. The third-order valence-corrected chi connectivity index (χ3v) is 2.66. The average Bonchev–Trinajstić information content (AvgIpc) is 2.41.